The van der Waals surface area contributed by atoms with Gasteiger partial charge in [0.05, 0.1) is 10.9 Å². The highest BCUT2D eigenvalue weighted by Crippen LogP contribution is 2.28. The number of hydrogen-bond donors (Lipinski definition) is 1. The Balaban J connectivity index is 2.87. The fourth-order valence-corrected chi connectivity index (χ4v) is 1.85. The third-order valence-corrected chi connectivity index (χ3v) is 2.91. The first-order valence-electron chi connectivity index (χ1n) is 3.05. The molecule has 0 bridgehead atoms. The lowest BCUT2D eigenvalue weighted by Gasteiger charge is -1.88. The summed E-state index contributed by atoms with van der Waals surface area (Å²) < 4.78 is 5.48. The maximum atomic E-state index is 10.3. The van der Waals surface area contributed by atoms with Gasteiger partial charge in [-0.2, -0.15) is 0 Å². The standard InChI is InChI=1S/C6H6BrNO3S/c1-12-6-5(7)3(8-11-6)2-4(9)10/h2H2,1H3,(H,9,10). The van der Waals surface area contributed by atoms with Crippen molar-refractivity contribution in [3.05, 3.63) is 10.2 Å². The van der Waals surface area contributed by atoms with E-state index < -0.39 is 5.97 Å². The predicted octanol–water partition coefficient (Wildman–Crippen LogP) is 1.79. The van der Waals surface area contributed by atoms with Crippen molar-refractivity contribution in [2.45, 2.75) is 11.5 Å². The van der Waals surface area contributed by atoms with E-state index in [4.69, 9.17) is 9.63 Å². The summed E-state index contributed by atoms with van der Waals surface area (Å²) in [5, 5.41) is 12.7. The van der Waals surface area contributed by atoms with Gasteiger partial charge in [-0.25, -0.2) is 0 Å². The molecule has 0 amide bonds. The van der Waals surface area contributed by atoms with Crippen LogP contribution in [-0.2, 0) is 11.2 Å². The molecule has 0 unspecified atom stereocenters. The topological polar surface area (TPSA) is 63.3 Å². The second-order valence-electron chi connectivity index (χ2n) is 2.01. The molecule has 1 aromatic heterocycles. The van der Waals surface area contributed by atoms with Gasteiger partial charge in [-0.3, -0.25) is 4.79 Å². The van der Waals surface area contributed by atoms with Crippen LogP contribution >= 0.6 is 27.7 Å². The molecule has 66 valence electrons. The van der Waals surface area contributed by atoms with Crippen LogP contribution in [0.5, 0.6) is 0 Å². The molecule has 0 aliphatic heterocycles. The number of carboxylic acid groups (broad SMARTS) is 1. The van der Waals surface area contributed by atoms with E-state index >= 15 is 0 Å². The number of nitrogens with zero attached hydrogens (tertiary/aromatic N) is 1. The van der Waals surface area contributed by atoms with Gasteiger partial charge in [-0.1, -0.05) is 16.9 Å². The first-order chi connectivity index (χ1) is 5.65. The molecule has 1 rings (SSSR count). The Morgan fingerprint density at radius 3 is 2.92 bits per heavy atom. The highest BCUT2D eigenvalue weighted by Gasteiger charge is 2.14. The fourth-order valence-electron chi connectivity index (χ4n) is 0.675. The van der Waals surface area contributed by atoms with Crippen LogP contribution in [0.15, 0.2) is 14.1 Å². The van der Waals surface area contributed by atoms with Crippen molar-refractivity contribution in [2.75, 3.05) is 6.26 Å². The SMILES string of the molecule is CSc1onc(CC(=O)O)c1Br. The number of carboxylic acids is 1. The Hall–Kier alpha value is -0.490. The quantitative estimate of drug-likeness (QED) is 0.831. The second kappa shape index (κ2) is 3.95. The van der Waals surface area contributed by atoms with Crippen molar-refractivity contribution in [3.63, 3.8) is 0 Å². The summed E-state index contributed by atoms with van der Waals surface area (Å²) in [5.74, 6) is -0.920. The van der Waals surface area contributed by atoms with Crippen LogP contribution in [0.2, 0.25) is 0 Å². The average molecular weight is 252 g/mol. The predicted molar refractivity (Wildman–Crippen MR) is 47.3 cm³/mol. The molecule has 0 atom stereocenters. The van der Waals surface area contributed by atoms with Crippen molar-refractivity contribution < 1.29 is 14.4 Å². The Labute approximate surface area is 81.4 Å². The lowest BCUT2D eigenvalue weighted by Crippen LogP contribution is -2.00. The molecule has 0 aromatic carbocycles. The Morgan fingerprint density at radius 1 is 1.83 bits per heavy atom. The van der Waals surface area contributed by atoms with E-state index in [1.54, 1.807) is 0 Å². The van der Waals surface area contributed by atoms with Crippen molar-refractivity contribution >= 4 is 33.7 Å². The van der Waals surface area contributed by atoms with E-state index in [9.17, 15) is 4.79 Å². The van der Waals surface area contributed by atoms with Gasteiger partial charge >= 0.3 is 5.97 Å². The first-order valence-corrected chi connectivity index (χ1v) is 5.06. The third-order valence-electron chi connectivity index (χ3n) is 1.18. The molecule has 0 saturated heterocycles. The molecule has 0 aliphatic carbocycles. The van der Waals surface area contributed by atoms with Crippen LogP contribution in [0.25, 0.3) is 0 Å². The monoisotopic (exact) mass is 251 g/mol. The number of aromatic nitrogens is 1. The minimum absolute atomic E-state index is 0.120. The molecule has 1 N–H and O–H groups in total. The number of carbonyl (C=O) groups is 1. The van der Waals surface area contributed by atoms with Gasteiger partial charge in [0.1, 0.15) is 5.69 Å². The summed E-state index contributed by atoms with van der Waals surface area (Å²) in [6.45, 7) is 0. The van der Waals surface area contributed by atoms with Crippen LogP contribution in [0.3, 0.4) is 0 Å². The molecule has 1 heterocycles. The summed E-state index contributed by atoms with van der Waals surface area (Å²) in [5.41, 5.74) is 0.423. The molecule has 12 heavy (non-hydrogen) atoms. The molecule has 4 nitrogen and oxygen atoms in total. The smallest absolute Gasteiger partial charge is 0.309 e. The number of hydrogen-bond acceptors (Lipinski definition) is 4. The minimum Gasteiger partial charge on any atom is -0.481 e. The summed E-state index contributed by atoms with van der Waals surface area (Å²) in [4.78, 5) is 10.3. The van der Waals surface area contributed by atoms with Gasteiger partial charge < -0.3 is 9.63 Å². The van der Waals surface area contributed by atoms with E-state index in [2.05, 4.69) is 21.1 Å². The van der Waals surface area contributed by atoms with Gasteiger partial charge in [0.2, 0.25) is 5.09 Å². The maximum Gasteiger partial charge on any atom is 0.309 e. The van der Waals surface area contributed by atoms with Crippen molar-refractivity contribution in [1.82, 2.24) is 5.16 Å². The second-order valence-corrected chi connectivity index (χ2v) is 3.58. The minimum atomic E-state index is -0.920. The zero-order valence-electron chi connectivity index (χ0n) is 6.20. The van der Waals surface area contributed by atoms with E-state index in [1.807, 2.05) is 6.26 Å². The highest BCUT2D eigenvalue weighted by atomic mass is 79.9. The normalized spacial score (nSPS) is 10.2. The molecule has 0 fully saturated rings. The van der Waals surface area contributed by atoms with E-state index in [0.717, 1.165) is 0 Å². The molecule has 1 aromatic rings. The van der Waals surface area contributed by atoms with Crippen LogP contribution in [0, 0.1) is 0 Å². The molecule has 0 saturated carbocycles. The highest BCUT2D eigenvalue weighted by molar-refractivity contribution is 9.10. The summed E-state index contributed by atoms with van der Waals surface area (Å²) in [6.07, 6.45) is 1.71. The molecule has 6 heteroatoms. The van der Waals surface area contributed by atoms with Crippen LogP contribution in [0.4, 0.5) is 0 Å². The maximum absolute atomic E-state index is 10.3. The summed E-state index contributed by atoms with van der Waals surface area (Å²) in [7, 11) is 0. The van der Waals surface area contributed by atoms with Gasteiger partial charge in [0, 0.05) is 0 Å². The number of thioether (sulfide) groups is 1. The van der Waals surface area contributed by atoms with Crippen LogP contribution in [-0.4, -0.2) is 22.5 Å². The van der Waals surface area contributed by atoms with Crippen LogP contribution < -0.4 is 0 Å². The van der Waals surface area contributed by atoms with Crippen molar-refractivity contribution in [3.8, 4) is 0 Å². The molecular formula is C6H6BrNO3S. The number of halogens is 1. The van der Waals surface area contributed by atoms with Gasteiger partial charge in [0.15, 0.2) is 0 Å². The molecular weight excluding hydrogens is 246 g/mol. The van der Waals surface area contributed by atoms with Crippen molar-refractivity contribution in [2.24, 2.45) is 0 Å². The van der Waals surface area contributed by atoms with E-state index in [1.165, 1.54) is 11.8 Å². The Kier molecular flexibility index (Phi) is 3.16. The van der Waals surface area contributed by atoms with E-state index in [0.29, 0.717) is 15.3 Å². The summed E-state index contributed by atoms with van der Waals surface area (Å²) >= 11 is 4.57. The molecule has 0 aliphatic rings. The number of aliphatic carboxylic acids is 1. The van der Waals surface area contributed by atoms with Gasteiger partial charge in [-0.15, -0.1) is 0 Å². The van der Waals surface area contributed by atoms with E-state index in [-0.39, 0.29) is 6.42 Å². The fraction of sp³-hybridized carbons (Fsp3) is 0.333. The lowest BCUT2D eigenvalue weighted by atomic mass is 10.3. The molecule has 0 radical (unpaired) electrons. The summed E-state index contributed by atoms with van der Waals surface area (Å²) in [6, 6.07) is 0. The average Bonchev–Trinajstić information content (AvgIpc) is 2.32. The Bertz CT molecular complexity index is 299. The first kappa shape index (κ1) is 9.60. The zero-order chi connectivity index (χ0) is 9.14. The van der Waals surface area contributed by atoms with Crippen molar-refractivity contribution in [1.29, 1.82) is 0 Å². The lowest BCUT2D eigenvalue weighted by molar-refractivity contribution is -0.136. The van der Waals surface area contributed by atoms with Gasteiger partial charge in [-0.05, 0) is 22.2 Å². The largest absolute Gasteiger partial charge is 0.481 e. The zero-order valence-corrected chi connectivity index (χ0v) is 8.61. The third kappa shape index (κ3) is 2.01. The molecule has 0 spiro atoms. The Morgan fingerprint density at radius 2 is 2.50 bits per heavy atom. The number of rotatable bonds is 3. The van der Waals surface area contributed by atoms with Crippen LogP contribution in [0.1, 0.15) is 5.69 Å². The van der Waals surface area contributed by atoms with Gasteiger partial charge in [0.25, 0.3) is 0 Å².